The molecule has 0 aromatic carbocycles. The fourth-order valence-corrected chi connectivity index (χ4v) is 4.39. The summed E-state index contributed by atoms with van der Waals surface area (Å²) in [6, 6.07) is 0.810. The van der Waals surface area contributed by atoms with E-state index in [1.807, 2.05) is 0 Å². The Morgan fingerprint density at radius 3 is 2.56 bits per heavy atom. The second-order valence-electron chi connectivity index (χ2n) is 6.79. The van der Waals surface area contributed by atoms with Crippen LogP contribution in [-0.2, 0) is 0 Å². The van der Waals surface area contributed by atoms with E-state index in [1.165, 1.54) is 71.1 Å². The number of nitrogens with zero attached hydrogens (tertiary/aromatic N) is 2. The number of rotatable bonds is 3. The van der Waals surface area contributed by atoms with Crippen LogP contribution in [0.15, 0.2) is 0 Å². The Kier molecular flexibility index (Phi) is 3.92. The molecule has 3 nitrogen and oxygen atoms in total. The maximum atomic E-state index is 9.77. The zero-order valence-electron chi connectivity index (χ0n) is 11.6. The zero-order chi connectivity index (χ0) is 12.4. The van der Waals surface area contributed by atoms with Crippen molar-refractivity contribution in [3.05, 3.63) is 0 Å². The van der Waals surface area contributed by atoms with E-state index in [-0.39, 0.29) is 5.41 Å². The summed E-state index contributed by atoms with van der Waals surface area (Å²) in [6.45, 7) is 6.67. The van der Waals surface area contributed by atoms with Gasteiger partial charge < -0.3 is 10.0 Å². The summed E-state index contributed by atoms with van der Waals surface area (Å²) in [5.74, 6) is 0. The number of hydrogen-bond donors (Lipinski definition) is 1. The van der Waals surface area contributed by atoms with E-state index in [0.29, 0.717) is 6.61 Å². The molecular weight excluding hydrogens is 224 g/mol. The van der Waals surface area contributed by atoms with Gasteiger partial charge in [0.15, 0.2) is 0 Å². The lowest BCUT2D eigenvalue weighted by atomic mass is 9.86. The lowest BCUT2D eigenvalue weighted by molar-refractivity contribution is 0.0749. The molecule has 2 saturated heterocycles. The minimum absolute atomic E-state index is 0.244. The van der Waals surface area contributed by atoms with Crippen LogP contribution in [-0.4, -0.2) is 60.3 Å². The maximum Gasteiger partial charge on any atom is 0.0499 e. The molecule has 1 saturated carbocycles. The summed E-state index contributed by atoms with van der Waals surface area (Å²) in [6.07, 6.45) is 9.24. The summed E-state index contributed by atoms with van der Waals surface area (Å²) >= 11 is 0. The molecule has 1 unspecified atom stereocenters. The van der Waals surface area contributed by atoms with Gasteiger partial charge in [-0.3, -0.25) is 4.90 Å². The number of fused-ring (bicyclic) bond motifs is 1. The van der Waals surface area contributed by atoms with Crippen LogP contribution in [0.4, 0.5) is 0 Å². The van der Waals surface area contributed by atoms with Crippen LogP contribution in [0.1, 0.15) is 44.9 Å². The van der Waals surface area contributed by atoms with Crippen LogP contribution >= 0.6 is 0 Å². The summed E-state index contributed by atoms with van der Waals surface area (Å²) in [4.78, 5) is 5.36. The molecule has 0 aromatic heterocycles. The molecule has 2 heterocycles. The monoisotopic (exact) mass is 252 g/mol. The van der Waals surface area contributed by atoms with Gasteiger partial charge in [0.1, 0.15) is 0 Å². The van der Waals surface area contributed by atoms with Gasteiger partial charge in [0.05, 0.1) is 0 Å². The first-order chi connectivity index (χ1) is 8.81. The molecule has 18 heavy (non-hydrogen) atoms. The predicted molar refractivity (Wildman–Crippen MR) is 73.6 cm³/mol. The first-order valence-electron chi connectivity index (χ1n) is 7.89. The molecular formula is C15H28N2O. The molecule has 104 valence electrons. The van der Waals surface area contributed by atoms with Crippen molar-refractivity contribution in [2.75, 3.05) is 39.3 Å². The van der Waals surface area contributed by atoms with Crippen LogP contribution in [0.5, 0.6) is 0 Å². The van der Waals surface area contributed by atoms with Crippen molar-refractivity contribution in [3.8, 4) is 0 Å². The Morgan fingerprint density at radius 1 is 1.00 bits per heavy atom. The highest BCUT2D eigenvalue weighted by atomic mass is 16.3. The maximum absolute atomic E-state index is 9.77. The van der Waals surface area contributed by atoms with E-state index in [2.05, 4.69) is 9.80 Å². The van der Waals surface area contributed by atoms with Crippen molar-refractivity contribution in [1.29, 1.82) is 0 Å². The van der Waals surface area contributed by atoms with Crippen molar-refractivity contribution < 1.29 is 5.11 Å². The second-order valence-corrected chi connectivity index (χ2v) is 6.79. The van der Waals surface area contributed by atoms with Gasteiger partial charge >= 0.3 is 0 Å². The van der Waals surface area contributed by atoms with Crippen molar-refractivity contribution >= 4 is 0 Å². The average molecular weight is 252 g/mol. The van der Waals surface area contributed by atoms with Crippen molar-refractivity contribution in [2.24, 2.45) is 5.41 Å². The largest absolute Gasteiger partial charge is 0.396 e. The van der Waals surface area contributed by atoms with E-state index in [1.54, 1.807) is 0 Å². The van der Waals surface area contributed by atoms with Gasteiger partial charge in [-0.1, -0.05) is 12.8 Å². The Labute approximate surface area is 111 Å². The van der Waals surface area contributed by atoms with Gasteiger partial charge in [0.25, 0.3) is 0 Å². The highest BCUT2D eigenvalue weighted by Crippen LogP contribution is 2.38. The van der Waals surface area contributed by atoms with Gasteiger partial charge in [-0.05, 0) is 51.7 Å². The van der Waals surface area contributed by atoms with E-state index in [4.69, 9.17) is 0 Å². The smallest absolute Gasteiger partial charge is 0.0499 e. The normalized spacial score (nSPS) is 33.5. The lowest BCUT2D eigenvalue weighted by Gasteiger charge is -2.34. The Morgan fingerprint density at radius 2 is 1.78 bits per heavy atom. The molecule has 3 fully saturated rings. The molecule has 1 aliphatic carbocycles. The van der Waals surface area contributed by atoms with Gasteiger partial charge in [-0.2, -0.15) is 0 Å². The van der Waals surface area contributed by atoms with E-state index in [0.717, 1.165) is 12.6 Å². The van der Waals surface area contributed by atoms with Crippen molar-refractivity contribution in [1.82, 2.24) is 9.80 Å². The Bertz CT molecular complexity index is 276. The van der Waals surface area contributed by atoms with Gasteiger partial charge in [0.2, 0.25) is 0 Å². The molecule has 3 heteroatoms. The molecule has 0 aromatic rings. The number of aliphatic hydroxyl groups excluding tert-OH is 1. The van der Waals surface area contributed by atoms with Crippen LogP contribution in [0.2, 0.25) is 0 Å². The van der Waals surface area contributed by atoms with E-state index < -0.39 is 0 Å². The molecule has 0 amide bonds. The third kappa shape index (κ3) is 2.59. The Balaban J connectivity index is 1.61. The number of hydrogen-bond acceptors (Lipinski definition) is 3. The lowest BCUT2D eigenvalue weighted by Crippen LogP contribution is -2.43. The first kappa shape index (κ1) is 12.9. The molecule has 1 N–H and O–H groups in total. The van der Waals surface area contributed by atoms with E-state index in [9.17, 15) is 5.11 Å². The van der Waals surface area contributed by atoms with Crippen molar-refractivity contribution in [3.63, 3.8) is 0 Å². The molecule has 0 spiro atoms. The van der Waals surface area contributed by atoms with Crippen LogP contribution in [0, 0.1) is 5.41 Å². The summed E-state index contributed by atoms with van der Waals surface area (Å²) in [5, 5.41) is 9.77. The van der Waals surface area contributed by atoms with Crippen LogP contribution in [0.25, 0.3) is 0 Å². The highest BCUT2D eigenvalue weighted by molar-refractivity contribution is 4.91. The fraction of sp³-hybridized carbons (Fsp3) is 1.00. The molecule has 2 aliphatic heterocycles. The van der Waals surface area contributed by atoms with Crippen LogP contribution in [0.3, 0.4) is 0 Å². The average Bonchev–Trinajstić information content (AvgIpc) is 2.97. The SMILES string of the molecule is OCC1(CN2CCCN3CCCC3C2)CCCC1. The van der Waals surface area contributed by atoms with E-state index >= 15 is 0 Å². The minimum atomic E-state index is 0.244. The molecule has 3 rings (SSSR count). The minimum Gasteiger partial charge on any atom is -0.396 e. The van der Waals surface area contributed by atoms with Gasteiger partial charge in [-0.15, -0.1) is 0 Å². The Hall–Kier alpha value is -0.120. The summed E-state index contributed by atoms with van der Waals surface area (Å²) in [5.41, 5.74) is 0.244. The van der Waals surface area contributed by atoms with Crippen LogP contribution < -0.4 is 0 Å². The predicted octanol–water partition coefficient (Wildman–Crippen LogP) is 1.71. The third-order valence-corrected chi connectivity index (χ3v) is 5.45. The molecule has 3 aliphatic rings. The van der Waals surface area contributed by atoms with Crippen molar-refractivity contribution in [2.45, 2.75) is 51.0 Å². The van der Waals surface area contributed by atoms with Gasteiger partial charge in [0, 0.05) is 31.2 Å². The summed E-state index contributed by atoms with van der Waals surface area (Å²) in [7, 11) is 0. The first-order valence-corrected chi connectivity index (χ1v) is 7.89. The molecule has 1 atom stereocenters. The highest BCUT2D eigenvalue weighted by Gasteiger charge is 2.37. The quantitative estimate of drug-likeness (QED) is 0.828. The fourth-order valence-electron chi connectivity index (χ4n) is 4.39. The zero-order valence-corrected chi connectivity index (χ0v) is 11.6. The standard InChI is InChI=1S/C15H28N2O/c18-13-15(6-1-2-7-15)12-16-8-4-10-17-9-3-5-14(17)11-16/h14,18H,1-13H2. The topological polar surface area (TPSA) is 26.7 Å². The molecule has 0 bridgehead atoms. The van der Waals surface area contributed by atoms with Gasteiger partial charge in [-0.25, -0.2) is 0 Å². The molecule has 0 radical (unpaired) electrons. The summed E-state index contributed by atoms with van der Waals surface area (Å²) < 4.78 is 0. The number of aliphatic hydroxyl groups is 1. The third-order valence-electron chi connectivity index (χ3n) is 5.45. The second kappa shape index (κ2) is 5.48.